The number of carbonyl (C=O) groups is 1. The first-order valence-corrected chi connectivity index (χ1v) is 13.4. The topological polar surface area (TPSA) is 96.0 Å². The zero-order valence-electron chi connectivity index (χ0n) is 21.4. The molecule has 2 aromatic carbocycles. The largest absolute Gasteiger partial charge is 0.464 e. The van der Waals surface area contributed by atoms with Gasteiger partial charge in [-0.2, -0.15) is 5.21 Å². The molecule has 192 valence electrons. The molecule has 1 aliphatic carbocycles. The van der Waals surface area contributed by atoms with E-state index in [4.69, 9.17) is 4.74 Å². The van der Waals surface area contributed by atoms with E-state index in [2.05, 4.69) is 87.2 Å². The minimum atomic E-state index is -0.171. The summed E-state index contributed by atoms with van der Waals surface area (Å²) < 4.78 is 5.54. The van der Waals surface area contributed by atoms with Gasteiger partial charge in [-0.05, 0) is 72.2 Å². The molecule has 0 bridgehead atoms. The number of rotatable bonds is 9. The smallest absolute Gasteiger partial charge is 0.323 e. The van der Waals surface area contributed by atoms with Crippen LogP contribution in [-0.2, 0) is 22.6 Å². The Labute approximate surface area is 213 Å². The maximum atomic E-state index is 12.6. The fraction of sp³-hybridized carbons (Fsp3) is 0.571. The van der Waals surface area contributed by atoms with Crippen LogP contribution >= 0.6 is 0 Å². The highest BCUT2D eigenvalue weighted by Gasteiger charge is 2.38. The van der Waals surface area contributed by atoms with Crippen LogP contribution in [0.25, 0.3) is 10.8 Å². The van der Waals surface area contributed by atoms with Crippen molar-refractivity contribution in [1.82, 2.24) is 30.8 Å². The highest BCUT2D eigenvalue weighted by molar-refractivity contribution is 5.85. The van der Waals surface area contributed by atoms with Crippen molar-refractivity contribution in [2.24, 2.45) is 23.7 Å². The number of hydrogen-bond donors (Lipinski definition) is 2. The predicted octanol–water partition coefficient (Wildman–Crippen LogP) is 3.95. The summed E-state index contributed by atoms with van der Waals surface area (Å²) in [5.41, 5.74) is 1.32. The molecule has 1 aromatic heterocycles. The van der Waals surface area contributed by atoms with Crippen LogP contribution in [0.3, 0.4) is 0 Å². The van der Waals surface area contributed by atoms with Gasteiger partial charge in [-0.25, -0.2) is 0 Å². The van der Waals surface area contributed by atoms with E-state index in [0.717, 1.165) is 38.3 Å². The lowest BCUT2D eigenvalue weighted by Gasteiger charge is -2.43. The second-order valence-electron chi connectivity index (χ2n) is 11.1. The Bertz CT molecular complexity index is 1130. The van der Waals surface area contributed by atoms with Gasteiger partial charge >= 0.3 is 5.97 Å². The molecule has 0 spiro atoms. The van der Waals surface area contributed by atoms with E-state index in [1.54, 1.807) is 0 Å². The number of benzene rings is 2. The van der Waals surface area contributed by atoms with E-state index in [1.807, 2.05) is 0 Å². The molecule has 2 aliphatic rings. The molecule has 36 heavy (non-hydrogen) atoms. The SMILES string of the molecule is CC(C)COC(=O)[C@@H]1C[C@H]2C[C@@H](CN(Cc3nn[nH]n3)Cc3cccc4ccccc34)CC[C@H]2CN1. The van der Waals surface area contributed by atoms with Gasteiger partial charge in [-0.1, -0.05) is 61.5 Å². The first-order valence-electron chi connectivity index (χ1n) is 13.4. The van der Waals surface area contributed by atoms with Crippen LogP contribution in [0.2, 0.25) is 0 Å². The van der Waals surface area contributed by atoms with Crippen molar-refractivity contribution in [3.05, 3.63) is 53.9 Å². The molecule has 1 saturated heterocycles. The molecule has 2 N–H and O–H groups in total. The third kappa shape index (κ3) is 6.10. The number of esters is 1. The van der Waals surface area contributed by atoms with Crippen LogP contribution in [0, 0.1) is 23.7 Å². The second-order valence-corrected chi connectivity index (χ2v) is 11.1. The van der Waals surface area contributed by atoms with Gasteiger partial charge in [-0.3, -0.25) is 9.69 Å². The molecule has 4 atom stereocenters. The molecule has 1 aliphatic heterocycles. The summed E-state index contributed by atoms with van der Waals surface area (Å²) in [7, 11) is 0. The van der Waals surface area contributed by atoms with E-state index in [1.165, 1.54) is 29.2 Å². The van der Waals surface area contributed by atoms with Crippen LogP contribution < -0.4 is 5.32 Å². The van der Waals surface area contributed by atoms with Crippen molar-refractivity contribution >= 4 is 16.7 Å². The number of aromatic nitrogens is 4. The van der Waals surface area contributed by atoms with E-state index in [9.17, 15) is 4.79 Å². The lowest BCUT2D eigenvalue weighted by Crippen LogP contribution is -2.50. The highest BCUT2D eigenvalue weighted by Crippen LogP contribution is 2.39. The Morgan fingerprint density at radius 3 is 2.78 bits per heavy atom. The van der Waals surface area contributed by atoms with Crippen LogP contribution in [-0.4, -0.2) is 57.2 Å². The number of ether oxygens (including phenoxy) is 1. The van der Waals surface area contributed by atoms with Gasteiger partial charge in [0.1, 0.15) is 6.04 Å². The number of nitrogens with zero attached hydrogens (tertiary/aromatic N) is 4. The second kappa shape index (κ2) is 11.5. The average Bonchev–Trinajstić information content (AvgIpc) is 3.40. The summed E-state index contributed by atoms with van der Waals surface area (Å²) in [6.45, 7) is 8.04. The zero-order valence-corrected chi connectivity index (χ0v) is 21.4. The lowest BCUT2D eigenvalue weighted by atomic mass is 9.69. The van der Waals surface area contributed by atoms with Crippen LogP contribution in [0.15, 0.2) is 42.5 Å². The van der Waals surface area contributed by atoms with E-state index in [-0.39, 0.29) is 12.0 Å². The van der Waals surface area contributed by atoms with E-state index < -0.39 is 0 Å². The summed E-state index contributed by atoms with van der Waals surface area (Å²) >= 11 is 0. The molecule has 2 fully saturated rings. The van der Waals surface area contributed by atoms with Gasteiger partial charge in [0.25, 0.3) is 0 Å². The van der Waals surface area contributed by atoms with E-state index >= 15 is 0 Å². The summed E-state index contributed by atoms with van der Waals surface area (Å²) in [5.74, 6) is 2.79. The van der Waals surface area contributed by atoms with Gasteiger partial charge in [0.2, 0.25) is 0 Å². The molecule has 0 amide bonds. The first-order chi connectivity index (χ1) is 17.5. The van der Waals surface area contributed by atoms with Gasteiger partial charge in [0.05, 0.1) is 13.2 Å². The summed E-state index contributed by atoms with van der Waals surface area (Å²) in [6, 6.07) is 14.9. The van der Waals surface area contributed by atoms with Crippen molar-refractivity contribution in [2.75, 3.05) is 19.7 Å². The fourth-order valence-electron chi connectivity index (χ4n) is 6.03. The molecule has 8 heteroatoms. The maximum Gasteiger partial charge on any atom is 0.323 e. The van der Waals surface area contributed by atoms with Crippen molar-refractivity contribution in [3.63, 3.8) is 0 Å². The molecule has 8 nitrogen and oxygen atoms in total. The van der Waals surface area contributed by atoms with Crippen molar-refractivity contribution in [1.29, 1.82) is 0 Å². The molecule has 2 heterocycles. The molecule has 0 unspecified atom stereocenters. The summed E-state index contributed by atoms with van der Waals surface area (Å²) in [4.78, 5) is 15.1. The quantitative estimate of drug-likeness (QED) is 0.439. The normalized spacial score (nSPS) is 24.2. The summed E-state index contributed by atoms with van der Waals surface area (Å²) in [6.07, 6.45) is 4.45. The lowest BCUT2D eigenvalue weighted by molar-refractivity contribution is -0.149. The van der Waals surface area contributed by atoms with Crippen LogP contribution in [0.5, 0.6) is 0 Å². The van der Waals surface area contributed by atoms with Crippen molar-refractivity contribution < 1.29 is 9.53 Å². The van der Waals surface area contributed by atoms with Crippen LogP contribution in [0.4, 0.5) is 0 Å². The highest BCUT2D eigenvalue weighted by atomic mass is 16.5. The number of tetrazole rings is 1. The molecule has 5 rings (SSSR count). The number of hydrogen-bond acceptors (Lipinski definition) is 7. The third-order valence-electron chi connectivity index (χ3n) is 7.80. The molecular formula is C28H38N6O2. The molecular weight excluding hydrogens is 452 g/mol. The van der Waals surface area contributed by atoms with Gasteiger partial charge < -0.3 is 10.1 Å². The number of piperidine rings is 1. The van der Waals surface area contributed by atoms with Gasteiger partial charge in [0.15, 0.2) is 5.82 Å². The number of nitrogens with one attached hydrogen (secondary N) is 2. The molecule has 3 aromatic rings. The molecule has 1 saturated carbocycles. The monoisotopic (exact) mass is 490 g/mol. The number of fused-ring (bicyclic) bond motifs is 2. The number of aromatic amines is 1. The first kappa shape index (κ1) is 24.8. The third-order valence-corrected chi connectivity index (χ3v) is 7.80. The van der Waals surface area contributed by atoms with E-state index in [0.29, 0.717) is 36.8 Å². The number of H-pyrrole nitrogens is 1. The Kier molecular flexibility index (Phi) is 7.92. The minimum Gasteiger partial charge on any atom is -0.464 e. The Balaban J connectivity index is 1.26. The van der Waals surface area contributed by atoms with Crippen molar-refractivity contribution in [2.45, 2.75) is 58.7 Å². The average molecular weight is 491 g/mol. The zero-order chi connectivity index (χ0) is 24.9. The standard InChI is InChI=1S/C28H38N6O2/c1-19(2)18-36-28(35)26-13-24-12-20(10-11-22(24)14-29-26)15-34(17-27-30-32-33-31-27)16-23-8-5-7-21-6-3-4-9-25(21)23/h3-9,19-20,22,24,26,29H,10-18H2,1-2H3,(H,30,31,32,33)/t20-,22-,24+,26-/m0/s1. The van der Waals surface area contributed by atoms with Crippen LogP contribution in [0.1, 0.15) is 50.9 Å². The van der Waals surface area contributed by atoms with Gasteiger partial charge in [-0.15, -0.1) is 10.2 Å². The van der Waals surface area contributed by atoms with Crippen molar-refractivity contribution in [3.8, 4) is 0 Å². The Morgan fingerprint density at radius 1 is 1.08 bits per heavy atom. The Morgan fingerprint density at radius 2 is 1.94 bits per heavy atom. The predicted molar refractivity (Wildman–Crippen MR) is 139 cm³/mol. The maximum absolute atomic E-state index is 12.6. The minimum absolute atomic E-state index is 0.0843. The van der Waals surface area contributed by atoms with Gasteiger partial charge in [0, 0.05) is 13.1 Å². The fourth-order valence-corrected chi connectivity index (χ4v) is 6.03. The summed E-state index contributed by atoms with van der Waals surface area (Å²) in [5, 5.41) is 20.8. The molecule has 0 radical (unpaired) electrons. The Hall–Kier alpha value is -2.84. The number of carbonyl (C=O) groups excluding carboxylic acids is 1.